The highest BCUT2D eigenvalue weighted by Crippen LogP contribution is 2.29. The Morgan fingerprint density at radius 2 is 1.90 bits per heavy atom. The molecule has 20 heavy (non-hydrogen) atoms. The molecule has 2 nitrogen and oxygen atoms in total. The smallest absolute Gasteiger partial charge is 0.137 e. The number of rotatable bonds is 5. The van der Waals surface area contributed by atoms with Crippen LogP contribution in [0, 0.1) is 5.82 Å². The number of ether oxygens (including phenoxy) is 1. The normalized spacial score (nSPS) is 12.2. The van der Waals surface area contributed by atoms with Gasteiger partial charge in [0.1, 0.15) is 11.6 Å². The molecule has 106 valence electrons. The van der Waals surface area contributed by atoms with E-state index < -0.39 is 0 Å². The number of hydrogen-bond donors (Lipinski definition) is 1. The third kappa shape index (κ3) is 3.38. The zero-order valence-electron chi connectivity index (χ0n) is 11.3. The van der Waals surface area contributed by atoms with E-state index in [0.29, 0.717) is 11.1 Å². The van der Waals surface area contributed by atoms with E-state index in [1.165, 1.54) is 6.07 Å². The summed E-state index contributed by atoms with van der Waals surface area (Å²) in [4.78, 5) is 0. The summed E-state index contributed by atoms with van der Waals surface area (Å²) >= 11 is 3.25. The third-order valence-electron chi connectivity index (χ3n) is 3.03. The van der Waals surface area contributed by atoms with Crippen LogP contribution in [0.1, 0.15) is 30.5 Å². The van der Waals surface area contributed by atoms with E-state index in [-0.39, 0.29) is 11.9 Å². The quantitative estimate of drug-likeness (QED) is 0.876. The third-order valence-corrected chi connectivity index (χ3v) is 3.87. The Hall–Kier alpha value is -1.39. The van der Waals surface area contributed by atoms with Crippen molar-refractivity contribution in [1.82, 2.24) is 0 Å². The van der Waals surface area contributed by atoms with E-state index in [1.54, 1.807) is 6.07 Å². The molecular weight excluding hydrogens is 321 g/mol. The lowest BCUT2D eigenvalue weighted by Crippen LogP contribution is -2.13. The summed E-state index contributed by atoms with van der Waals surface area (Å²) < 4.78 is 19.5. The molecule has 0 saturated heterocycles. The molecule has 1 unspecified atom stereocenters. The van der Waals surface area contributed by atoms with Gasteiger partial charge in [0.15, 0.2) is 0 Å². The number of benzene rings is 2. The summed E-state index contributed by atoms with van der Waals surface area (Å²) in [7, 11) is 0. The Bertz CT molecular complexity index is 571. The molecule has 2 aromatic rings. The van der Waals surface area contributed by atoms with Crippen LogP contribution in [0.15, 0.2) is 46.9 Å². The fraction of sp³-hybridized carbons (Fsp3) is 0.250. The summed E-state index contributed by atoms with van der Waals surface area (Å²) in [5, 5.41) is 0. The standard InChI is InChI=1S/C16H17BrFNO/c1-2-10-20-12-8-6-11(7-9-12)16(19)13-4-3-5-14(18)15(13)17/h3-9,16H,2,10,19H2,1H3. The topological polar surface area (TPSA) is 35.2 Å². The van der Waals surface area contributed by atoms with Gasteiger partial charge in [0.25, 0.3) is 0 Å². The van der Waals surface area contributed by atoms with E-state index in [0.717, 1.165) is 23.3 Å². The molecule has 0 aromatic heterocycles. The predicted octanol–water partition coefficient (Wildman–Crippen LogP) is 4.43. The Morgan fingerprint density at radius 1 is 1.20 bits per heavy atom. The van der Waals surface area contributed by atoms with Crippen LogP contribution in [-0.4, -0.2) is 6.61 Å². The van der Waals surface area contributed by atoms with Crippen LogP contribution in [0.25, 0.3) is 0 Å². The number of halogens is 2. The van der Waals surface area contributed by atoms with E-state index in [9.17, 15) is 4.39 Å². The van der Waals surface area contributed by atoms with Gasteiger partial charge in [-0.2, -0.15) is 0 Å². The van der Waals surface area contributed by atoms with Gasteiger partial charge in [0, 0.05) is 0 Å². The first-order chi connectivity index (χ1) is 9.63. The van der Waals surface area contributed by atoms with Crippen molar-refractivity contribution >= 4 is 15.9 Å². The summed E-state index contributed by atoms with van der Waals surface area (Å²) in [6.07, 6.45) is 0.970. The second-order valence-electron chi connectivity index (χ2n) is 4.54. The average Bonchev–Trinajstić information content (AvgIpc) is 2.48. The van der Waals surface area contributed by atoms with Crippen molar-refractivity contribution < 1.29 is 9.13 Å². The summed E-state index contributed by atoms with van der Waals surface area (Å²) in [6, 6.07) is 12.1. The molecule has 2 rings (SSSR count). The highest BCUT2D eigenvalue weighted by molar-refractivity contribution is 9.10. The molecule has 0 saturated carbocycles. The van der Waals surface area contributed by atoms with Crippen LogP contribution < -0.4 is 10.5 Å². The van der Waals surface area contributed by atoms with Crippen LogP contribution >= 0.6 is 15.9 Å². The van der Waals surface area contributed by atoms with Crippen molar-refractivity contribution in [3.63, 3.8) is 0 Å². The first-order valence-electron chi connectivity index (χ1n) is 6.55. The molecule has 0 spiro atoms. The largest absolute Gasteiger partial charge is 0.494 e. The monoisotopic (exact) mass is 337 g/mol. The van der Waals surface area contributed by atoms with Gasteiger partial charge in [0.05, 0.1) is 17.1 Å². The van der Waals surface area contributed by atoms with Crippen molar-refractivity contribution in [3.8, 4) is 5.75 Å². The molecule has 0 aliphatic carbocycles. The number of hydrogen-bond acceptors (Lipinski definition) is 2. The van der Waals surface area contributed by atoms with Crippen molar-refractivity contribution in [2.45, 2.75) is 19.4 Å². The molecule has 2 aromatic carbocycles. The molecule has 0 fully saturated rings. The maximum atomic E-state index is 13.5. The van der Waals surface area contributed by atoms with Crippen LogP contribution in [0.2, 0.25) is 0 Å². The lowest BCUT2D eigenvalue weighted by molar-refractivity contribution is 0.317. The zero-order chi connectivity index (χ0) is 14.5. The van der Waals surface area contributed by atoms with Gasteiger partial charge in [-0.3, -0.25) is 0 Å². The van der Waals surface area contributed by atoms with E-state index in [2.05, 4.69) is 22.9 Å². The second kappa shape index (κ2) is 6.86. The van der Waals surface area contributed by atoms with Gasteiger partial charge >= 0.3 is 0 Å². The minimum absolute atomic E-state index is 0.305. The van der Waals surface area contributed by atoms with E-state index in [4.69, 9.17) is 10.5 Å². The molecule has 0 aliphatic rings. The Balaban J connectivity index is 2.20. The van der Waals surface area contributed by atoms with Crippen molar-refractivity contribution in [1.29, 1.82) is 0 Å². The van der Waals surface area contributed by atoms with Gasteiger partial charge in [-0.05, 0) is 51.7 Å². The SMILES string of the molecule is CCCOc1ccc(C(N)c2cccc(F)c2Br)cc1. The highest BCUT2D eigenvalue weighted by Gasteiger charge is 2.14. The first kappa shape index (κ1) is 15.0. The number of nitrogens with two attached hydrogens (primary N) is 1. The molecule has 2 N–H and O–H groups in total. The first-order valence-corrected chi connectivity index (χ1v) is 7.35. The summed E-state index contributed by atoms with van der Waals surface area (Å²) in [5.74, 6) is 0.516. The molecule has 4 heteroatoms. The van der Waals surface area contributed by atoms with E-state index >= 15 is 0 Å². The Morgan fingerprint density at radius 3 is 2.55 bits per heavy atom. The predicted molar refractivity (Wildman–Crippen MR) is 82.4 cm³/mol. The van der Waals surface area contributed by atoms with E-state index in [1.807, 2.05) is 30.3 Å². The summed E-state index contributed by atoms with van der Waals surface area (Å²) in [6.45, 7) is 2.76. The fourth-order valence-corrected chi connectivity index (χ4v) is 2.44. The van der Waals surface area contributed by atoms with Crippen LogP contribution in [0.5, 0.6) is 5.75 Å². The van der Waals surface area contributed by atoms with Crippen LogP contribution in [0.4, 0.5) is 4.39 Å². The van der Waals surface area contributed by atoms with Gasteiger partial charge in [-0.25, -0.2) is 4.39 Å². The molecule has 0 amide bonds. The zero-order valence-corrected chi connectivity index (χ0v) is 12.9. The molecule has 0 heterocycles. The van der Waals surface area contributed by atoms with Gasteiger partial charge in [-0.15, -0.1) is 0 Å². The summed E-state index contributed by atoms with van der Waals surface area (Å²) in [5.41, 5.74) is 7.84. The van der Waals surface area contributed by atoms with Crippen molar-refractivity contribution in [2.75, 3.05) is 6.61 Å². The lowest BCUT2D eigenvalue weighted by Gasteiger charge is -2.15. The minimum Gasteiger partial charge on any atom is -0.494 e. The molecule has 0 radical (unpaired) electrons. The maximum Gasteiger partial charge on any atom is 0.137 e. The van der Waals surface area contributed by atoms with Crippen molar-refractivity contribution in [3.05, 3.63) is 63.9 Å². The molecule has 0 bridgehead atoms. The highest BCUT2D eigenvalue weighted by atomic mass is 79.9. The van der Waals surface area contributed by atoms with Gasteiger partial charge in [-0.1, -0.05) is 31.2 Å². The minimum atomic E-state index is -0.375. The van der Waals surface area contributed by atoms with Gasteiger partial charge in [0.2, 0.25) is 0 Å². The van der Waals surface area contributed by atoms with Crippen molar-refractivity contribution in [2.24, 2.45) is 5.73 Å². The molecule has 1 atom stereocenters. The average molecular weight is 338 g/mol. The molecule has 0 aliphatic heterocycles. The maximum absolute atomic E-state index is 13.5. The van der Waals surface area contributed by atoms with Gasteiger partial charge < -0.3 is 10.5 Å². The lowest BCUT2D eigenvalue weighted by atomic mass is 9.99. The van der Waals surface area contributed by atoms with Crippen LogP contribution in [0.3, 0.4) is 0 Å². The Labute approximate surface area is 126 Å². The Kier molecular flexibility index (Phi) is 5.15. The van der Waals surface area contributed by atoms with Crippen LogP contribution in [-0.2, 0) is 0 Å². The second-order valence-corrected chi connectivity index (χ2v) is 5.33. The molecular formula is C16H17BrFNO. The fourth-order valence-electron chi connectivity index (χ4n) is 1.93.